The molecule has 2 rings (SSSR count). The lowest BCUT2D eigenvalue weighted by atomic mass is 10.1. The largest absolute Gasteiger partial charge is 0.478 e. The van der Waals surface area contributed by atoms with Crippen LogP contribution in [0.25, 0.3) is 0 Å². The van der Waals surface area contributed by atoms with E-state index in [1.165, 1.54) is 6.07 Å². The Morgan fingerprint density at radius 3 is 2.67 bits per heavy atom. The molecule has 1 heterocycles. The van der Waals surface area contributed by atoms with Gasteiger partial charge in [-0.15, -0.1) is 11.3 Å². The highest BCUT2D eigenvalue weighted by Crippen LogP contribution is 2.29. The minimum absolute atomic E-state index is 0.0994. The van der Waals surface area contributed by atoms with Crippen LogP contribution in [-0.2, 0) is 6.54 Å². The zero-order valence-corrected chi connectivity index (χ0v) is 12.4. The average molecular weight is 306 g/mol. The van der Waals surface area contributed by atoms with E-state index < -0.39 is 10.9 Å². The van der Waals surface area contributed by atoms with Crippen molar-refractivity contribution in [2.24, 2.45) is 0 Å². The summed E-state index contributed by atoms with van der Waals surface area (Å²) >= 11 is 1.58. The zero-order valence-electron chi connectivity index (χ0n) is 11.5. The molecule has 0 atom stereocenters. The molecule has 2 N–H and O–H groups in total. The van der Waals surface area contributed by atoms with Crippen LogP contribution in [0, 0.1) is 24.0 Å². The average Bonchev–Trinajstić information content (AvgIpc) is 2.82. The van der Waals surface area contributed by atoms with Gasteiger partial charge in [0.2, 0.25) is 0 Å². The lowest BCUT2D eigenvalue weighted by molar-refractivity contribution is -0.385. The highest BCUT2D eigenvalue weighted by Gasteiger charge is 2.19. The first-order valence-corrected chi connectivity index (χ1v) is 7.07. The fraction of sp³-hybridized carbons (Fsp3) is 0.214. The molecular formula is C14H14N2O4S. The molecule has 7 heteroatoms. The summed E-state index contributed by atoms with van der Waals surface area (Å²) in [5, 5.41) is 25.1. The number of rotatable bonds is 5. The second-order valence-electron chi connectivity index (χ2n) is 4.61. The SMILES string of the molecule is Cc1ccsc1CNc1cc(C(=O)O)cc([N+](=O)[O-])c1C. The van der Waals surface area contributed by atoms with Gasteiger partial charge in [-0.1, -0.05) is 0 Å². The van der Waals surface area contributed by atoms with Gasteiger partial charge in [0.15, 0.2) is 0 Å². The molecule has 0 saturated carbocycles. The molecular weight excluding hydrogens is 292 g/mol. The molecule has 1 aromatic heterocycles. The molecule has 0 bridgehead atoms. The van der Waals surface area contributed by atoms with Crippen molar-refractivity contribution >= 4 is 28.7 Å². The van der Waals surface area contributed by atoms with Crippen LogP contribution in [0.2, 0.25) is 0 Å². The number of hydrogen-bond donors (Lipinski definition) is 2. The minimum Gasteiger partial charge on any atom is -0.478 e. The van der Waals surface area contributed by atoms with Gasteiger partial charge in [-0.05, 0) is 36.9 Å². The summed E-state index contributed by atoms with van der Waals surface area (Å²) in [7, 11) is 0. The molecule has 21 heavy (non-hydrogen) atoms. The second-order valence-corrected chi connectivity index (χ2v) is 5.61. The quantitative estimate of drug-likeness (QED) is 0.650. The van der Waals surface area contributed by atoms with E-state index in [4.69, 9.17) is 5.11 Å². The molecule has 0 fully saturated rings. The van der Waals surface area contributed by atoms with Gasteiger partial charge in [0, 0.05) is 28.7 Å². The van der Waals surface area contributed by atoms with E-state index in [2.05, 4.69) is 5.32 Å². The van der Waals surface area contributed by atoms with Gasteiger partial charge in [-0.2, -0.15) is 0 Å². The fourth-order valence-corrected chi connectivity index (χ4v) is 2.80. The lowest BCUT2D eigenvalue weighted by Crippen LogP contribution is -2.06. The standard InChI is InChI=1S/C14H14N2O4S/c1-8-3-4-21-13(8)7-15-11-5-10(14(17)18)6-12(9(11)2)16(19)20/h3-6,15H,7H2,1-2H3,(H,17,18). The first-order chi connectivity index (χ1) is 9.90. The third kappa shape index (κ3) is 3.19. The van der Waals surface area contributed by atoms with E-state index >= 15 is 0 Å². The van der Waals surface area contributed by atoms with Crippen LogP contribution in [0.5, 0.6) is 0 Å². The van der Waals surface area contributed by atoms with Gasteiger partial charge in [-0.25, -0.2) is 4.79 Å². The topological polar surface area (TPSA) is 92.5 Å². The van der Waals surface area contributed by atoms with Crippen LogP contribution in [0.4, 0.5) is 11.4 Å². The molecule has 1 aromatic carbocycles. The van der Waals surface area contributed by atoms with Gasteiger partial charge >= 0.3 is 5.97 Å². The molecule has 0 amide bonds. The monoisotopic (exact) mass is 306 g/mol. The number of nitro benzene ring substituents is 1. The van der Waals surface area contributed by atoms with Gasteiger partial charge < -0.3 is 10.4 Å². The van der Waals surface area contributed by atoms with Crippen LogP contribution in [0.3, 0.4) is 0 Å². The Bertz CT molecular complexity index is 709. The van der Waals surface area contributed by atoms with Crippen molar-refractivity contribution in [3.8, 4) is 0 Å². The van der Waals surface area contributed by atoms with E-state index in [1.54, 1.807) is 18.3 Å². The number of carboxylic acids is 1. The number of nitro groups is 1. The lowest BCUT2D eigenvalue weighted by Gasteiger charge is -2.11. The van der Waals surface area contributed by atoms with Crippen molar-refractivity contribution in [2.75, 3.05) is 5.32 Å². The van der Waals surface area contributed by atoms with E-state index in [9.17, 15) is 14.9 Å². The highest BCUT2D eigenvalue weighted by atomic mass is 32.1. The minimum atomic E-state index is -1.19. The molecule has 6 nitrogen and oxygen atoms in total. The van der Waals surface area contributed by atoms with E-state index in [0.717, 1.165) is 16.5 Å². The van der Waals surface area contributed by atoms with E-state index in [0.29, 0.717) is 17.8 Å². The Balaban J connectivity index is 2.35. The number of nitrogens with zero attached hydrogens (tertiary/aromatic N) is 1. The predicted molar refractivity (Wildman–Crippen MR) is 81.2 cm³/mol. The Morgan fingerprint density at radius 1 is 1.43 bits per heavy atom. The van der Waals surface area contributed by atoms with E-state index in [-0.39, 0.29) is 11.3 Å². The number of nitrogens with one attached hydrogen (secondary N) is 1. The first-order valence-electron chi connectivity index (χ1n) is 6.19. The van der Waals surface area contributed by atoms with Crippen molar-refractivity contribution in [3.63, 3.8) is 0 Å². The molecule has 2 aromatic rings. The maximum absolute atomic E-state index is 11.1. The highest BCUT2D eigenvalue weighted by molar-refractivity contribution is 7.10. The van der Waals surface area contributed by atoms with Gasteiger partial charge in [-0.3, -0.25) is 10.1 Å². The fourth-order valence-electron chi connectivity index (χ4n) is 1.96. The number of benzene rings is 1. The summed E-state index contributed by atoms with van der Waals surface area (Å²) in [6.45, 7) is 4.09. The van der Waals surface area contributed by atoms with Crippen molar-refractivity contribution < 1.29 is 14.8 Å². The normalized spacial score (nSPS) is 10.4. The summed E-state index contributed by atoms with van der Waals surface area (Å²) in [4.78, 5) is 22.6. The van der Waals surface area contributed by atoms with Crippen LogP contribution in [-0.4, -0.2) is 16.0 Å². The molecule has 0 radical (unpaired) electrons. The Kier molecular flexibility index (Phi) is 4.23. The number of hydrogen-bond acceptors (Lipinski definition) is 5. The number of aromatic carboxylic acids is 1. The zero-order chi connectivity index (χ0) is 15.6. The molecule has 0 aliphatic carbocycles. The Hall–Kier alpha value is -2.41. The van der Waals surface area contributed by atoms with Crippen LogP contribution < -0.4 is 5.32 Å². The Labute approximate surface area is 125 Å². The van der Waals surface area contributed by atoms with Crippen LogP contribution >= 0.6 is 11.3 Å². The van der Waals surface area contributed by atoms with Crippen molar-refractivity contribution in [3.05, 3.63) is 55.3 Å². The smallest absolute Gasteiger partial charge is 0.336 e. The molecule has 0 aliphatic rings. The number of anilines is 1. The first kappa shape index (κ1) is 15.0. The number of carbonyl (C=O) groups is 1. The molecule has 0 aliphatic heterocycles. The Morgan fingerprint density at radius 2 is 2.14 bits per heavy atom. The van der Waals surface area contributed by atoms with Crippen molar-refractivity contribution in [1.82, 2.24) is 0 Å². The maximum atomic E-state index is 11.1. The van der Waals surface area contributed by atoms with E-state index in [1.807, 2.05) is 18.4 Å². The molecule has 0 unspecified atom stereocenters. The number of aryl methyl sites for hydroxylation is 1. The summed E-state index contributed by atoms with van der Waals surface area (Å²) in [6.07, 6.45) is 0. The summed E-state index contributed by atoms with van der Waals surface area (Å²) in [6, 6.07) is 4.50. The molecule has 0 saturated heterocycles. The van der Waals surface area contributed by atoms with Crippen LogP contribution in [0.1, 0.15) is 26.4 Å². The van der Waals surface area contributed by atoms with Gasteiger partial charge in [0.05, 0.1) is 10.5 Å². The van der Waals surface area contributed by atoms with Crippen molar-refractivity contribution in [2.45, 2.75) is 20.4 Å². The van der Waals surface area contributed by atoms with Gasteiger partial charge in [0.1, 0.15) is 0 Å². The van der Waals surface area contributed by atoms with Crippen LogP contribution in [0.15, 0.2) is 23.6 Å². The molecule has 110 valence electrons. The third-order valence-corrected chi connectivity index (χ3v) is 4.25. The summed E-state index contributed by atoms with van der Waals surface area (Å²) in [5.41, 5.74) is 1.74. The number of thiophene rings is 1. The third-order valence-electron chi connectivity index (χ3n) is 3.23. The number of carboxylic acid groups (broad SMARTS) is 1. The molecule has 0 spiro atoms. The summed E-state index contributed by atoms with van der Waals surface area (Å²) < 4.78 is 0. The second kappa shape index (κ2) is 5.92. The summed E-state index contributed by atoms with van der Waals surface area (Å²) in [5.74, 6) is -1.19. The van der Waals surface area contributed by atoms with Gasteiger partial charge in [0.25, 0.3) is 5.69 Å². The van der Waals surface area contributed by atoms with Crippen molar-refractivity contribution in [1.29, 1.82) is 0 Å². The predicted octanol–water partition coefficient (Wildman–Crippen LogP) is 3.58. The maximum Gasteiger partial charge on any atom is 0.336 e.